The van der Waals surface area contributed by atoms with Crippen LogP contribution in [-0.2, 0) is 5.41 Å². The van der Waals surface area contributed by atoms with Gasteiger partial charge in [0.2, 0.25) is 0 Å². The Balaban J connectivity index is 1.77. The molecule has 5 nitrogen and oxygen atoms in total. The number of hydrogen-bond donors (Lipinski definition) is 0. The quantitative estimate of drug-likeness (QED) is 0.680. The van der Waals surface area contributed by atoms with E-state index in [0.717, 1.165) is 5.56 Å². The number of halogens is 1. The van der Waals surface area contributed by atoms with Crippen LogP contribution in [0, 0.1) is 6.92 Å². The van der Waals surface area contributed by atoms with Crippen LogP contribution < -0.4 is 4.74 Å². The van der Waals surface area contributed by atoms with E-state index in [0.29, 0.717) is 34.7 Å². The summed E-state index contributed by atoms with van der Waals surface area (Å²) in [5.74, 6) is 1.88. The molecule has 0 fully saturated rings. The summed E-state index contributed by atoms with van der Waals surface area (Å²) in [6.07, 6.45) is 0. The first-order valence-corrected chi connectivity index (χ1v) is 7.62. The minimum Gasteiger partial charge on any atom is -0.474 e. The molecular weight excluding hydrogens is 316 g/mol. The van der Waals surface area contributed by atoms with Crippen molar-refractivity contribution in [2.75, 3.05) is 6.61 Å². The second kappa shape index (κ2) is 6.08. The fourth-order valence-corrected chi connectivity index (χ4v) is 2.36. The van der Waals surface area contributed by atoms with Gasteiger partial charge in [0, 0.05) is 17.7 Å². The summed E-state index contributed by atoms with van der Waals surface area (Å²) in [4.78, 5) is 0. The van der Waals surface area contributed by atoms with Gasteiger partial charge in [-0.2, -0.15) is 0 Å². The molecular formula is C17H17ClN2O3. The van der Waals surface area contributed by atoms with Gasteiger partial charge in [-0.25, -0.2) is 0 Å². The molecule has 0 saturated carbocycles. The van der Waals surface area contributed by atoms with E-state index in [1.165, 1.54) is 0 Å². The van der Waals surface area contributed by atoms with Gasteiger partial charge in [-0.05, 0) is 32.0 Å². The molecule has 3 aromatic rings. The third-order valence-corrected chi connectivity index (χ3v) is 3.84. The number of nitrogens with zero attached hydrogens (tertiary/aromatic N) is 2. The van der Waals surface area contributed by atoms with Crippen molar-refractivity contribution in [1.82, 2.24) is 10.3 Å². The topological polar surface area (TPSA) is 61.3 Å². The molecule has 1 aromatic carbocycles. The van der Waals surface area contributed by atoms with E-state index in [4.69, 9.17) is 25.4 Å². The Bertz CT molecular complexity index is 808. The van der Waals surface area contributed by atoms with E-state index in [1.807, 2.05) is 51.1 Å². The van der Waals surface area contributed by atoms with E-state index in [2.05, 4.69) is 10.3 Å². The Kier molecular flexibility index (Phi) is 4.13. The molecule has 0 unspecified atom stereocenters. The van der Waals surface area contributed by atoms with Crippen LogP contribution >= 0.6 is 11.6 Å². The van der Waals surface area contributed by atoms with Crippen LogP contribution in [0.5, 0.6) is 5.88 Å². The molecule has 0 amide bonds. The predicted molar refractivity (Wildman–Crippen MR) is 86.7 cm³/mol. The third kappa shape index (κ3) is 3.40. The Hall–Kier alpha value is -2.27. The van der Waals surface area contributed by atoms with Gasteiger partial charge in [0.1, 0.15) is 23.8 Å². The number of aryl methyl sites for hydroxylation is 1. The fraction of sp³-hybridized carbons (Fsp3) is 0.294. The lowest BCUT2D eigenvalue weighted by Gasteiger charge is -2.20. The molecule has 6 heteroatoms. The predicted octanol–water partition coefficient (Wildman–Crippen LogP) is 4.65. The van der Waals surface area contributed by atoms with Gasteiger partial charge in [-0.15, -0.1) is 0 Å². The minimum atomic E-state index is -0.376. The van der Waals surface area contributed by atoms with Gasteiger partial charge >= 0.3 is 0 Å². The van der Waals surface area contributed by atoms with Gasteiger partial charge in [-0.3, -0.25) is 0 Å². The second-order valence-corrected chi connectivity index (χ2v) is 6.41. The maximum Gasteiger partial charge on any atom is 0.254 e. The van der Waals surface area contributed by atoms with E-state index >= 15 is 0 Å². The second-order valence-electron chi connectivity index (χ2n) is 6.00. The zero-order chi connectivity index (χ0) is 16.4. The van der Waals surface area contributed by atoms with Gasteiger partial charge < -0.3 is 13.8 Å². The van der Waals surface area contributed by atoms with Crippen molar-refractivity contribution < 1.29 is 13.8 Å². The van der Waals surface area contributed by atoms with Gasteiger partial charge in [0.05, 0.1) is 10.4 Å². The maximum atomic E-state index is 6.20. The summed E-state index contributed by atoms with van der Waals surface area (Å²) in [5.41, 5.74) is 1.17. The molecule has 0 radical (unpaired) electrons. The Morgan fingerprint density at radius 3 is 2.61 bits per heavy atom. The molecule has 0 bridgehead atoms. The monoisotopic (exact) mass is 332 g/mol. The molecule has 0 saturated heterocycles. The fourth-order valence-electron chi connectivity index (χ4n) is 2.13. The highest BCUT2D eigenvalue weighted by Gasteiger charge is 2.28. The summed E-state index contributed by atoms with van der Waals surface area (Å²) in [6, 6.07) is 11.2. The van der Waals surface area contributed by atoms with Crippen molar-refractivity contribution in [1.29, 1.82) is 0 Å². The molecule has 3 rings (SSSR count). The zero-order valence-corrected chi connectivity index (χ0v) is 13.9. The molecule has 120 valence electrons. The first kappa shape index (κ1) is 15.6. The lowest BCUT2D eigenvalue weighted by atomic mass is 9.91. The van der Waals surface area contributed by atoms with Crippen LogP contribution in [0.15, 0.2) is 45.4 Å². The molecule has 2 heterocycles. The van der Waals surface area contributed by atoms with Crippen molar-refractivity contribution in [3.63, 3.8) is 0 Å². The maximum absolute atomic E-state index is 6.20. The number of aromatic nitrogens is 2. The summed E-state index contributed by atoms with van der Waals surface area (Å²) < 4.78 is 16.2. The molecule has 0 aliphatic rings. The average molecular weight is 333 g/mol. The van der Waals surface area contributed by atoms with E-state index in [-0.39, 0.29) is 5.41 Å². The van der Waals surface area contributed by atoms with Crippen molar-refractivity contribution in [3.8, 4) is 17.1 Å². The van der Waals surface area contributed by atoms with Crippen molar-refractivity contribution in [3.05, 3.63) is 52.9 Å². The number of rotatable bonds is 5. The van der Waals surface area contributed by atoms with Gasteiger partial charge in [0.15, 0.2) is 0 Å². The first-order chi connectivity index (χ1) is 11.0. The number of ether oxygens (including phenoxy) is 1. The van der Waals surface area contributed by atoms with Gasteiger partial charge in [0.25, 0.3) is 5.88 Å². The molecule has 0 aliphatic heterocycles. The summed E-state index contributed by atoms with van der Waals surface area (Å²) >= 11 is 6.20. The first-order valence-electron chi connectivity index (χ1n) is 7.24. The van der Waals surface area contributed by atoms with E-state index in [9.17, 15) is 0 Å². The largest absolute Gasteiger partial charge is 0.474 e. The third-order valence-electron chi connectivity index (χ3n) is 3.51. The van der Waals surface area contributed by atoms with Crippen LogP contribution in [0.3, 0.4) is 0 Å². The number of benzene rings is 1. The lowest BCUT2D eigenvalue weighted by molar-refractivity contribution is 0.191. The summed E-state index contributed by atoms with van der Waals surface area (Å²) in [5, 5.41) is 8.58. The molecule has 2 aromatic heterocycles. The molecule has 0 atom stereocenters. The average Bonchev–Trinajstić information content (AvgIpc) is 3.15. The highest BCUT2D eigenvalue weighted by Crippen LogP contribution is 2.31. The van der Waals surface area contributed by atoms with Crippen LogP contribution in [0.4, 0.5) is 0 Å². The summed E-state index contributed by atoms with van der Waals surface area (Å²) in [6.45, 7) is 6.22. The van der Waals surface area contributed by atoms with Crippen LogP contribution in [0.1, 0.15) is 25.4 Å². The molecule has 0 aliphatic carbocycles. The normalized spacial score (nSPS) is 11.7. The minimum absolute atomic E-state index is 0.376. The van der Waals surface area contributed by atoms with Crippen molar-refractivity contribution in [2.45, 2.75) is 26.2 Å². The molecule has 23 heavy (non-hydrogen) atoms. The van der Waals surface area contributed by atoms with E-state index in [1.54, 1.807) is 6.07 Å². The van der Waals surface area contributed by atoms with Crippen molar-refractivity contribution in [2.24, 2.45) is 0 Å². The standard InChI is InChI=1S/C17H17ClN2O3/c1-11-8-16(20-22-11)21-10-17(2,3)15-9-14(19-23-15)12-6-4-5-7-13(12)18/h4-9H,10H2,1-3H3. The highest BCUT2D eigenvalue weighted by atomic mass is 35.5. The van der Waals surface area contributed by atoms with Crippen LogP contribution in [0.25, 0.3) is 11.3 Å². The smallest absolute Gasteiger partial charge is 0.254 e. The van der Waals surface area contributed by atoms with Crippen molar-refractivity contribution >= 4 is 11.6 Å². The lowest BCUT2D eigenvalue weighted by Crippen LogP contribution is -2.25. The summed E-state index contributed by atoms with van der Waals surface area (Å²) in [7, 11) is 0. The number of hydrogen-bond acceptors (Lipinski definition) is 5. The Labute approximate surface area is 139 Å². The zero-order valence-electron chi connectivity index (χ0n) is 13.2. The van der Waals surface area contributed by atoms with Crippen LogP contribution in [0.2, 0.25) is 5.02 Å². The highest BCUT2D eigenvalue weighted by molar-refractivity contribution is 6.33. The Morgan fingerprint density at radius 1 is 1.13 bits per heavy atom. The SMILES string of the molecule is Cc1cc(OCC(C)(C)c2cc(-c3ccccc3Cl)no2)no1. The molecule has 0 N–H and O–H groups in total. The van der Waals surface area contributed by atoms with E-state index < -0.39 is 0 Å². The van der Waals surface area contributed by atoms with Gasteiger partial charge in [-0.1, -0.05) is 35.0 Å². The van der Waals surface area contributed by atoms with Crippen LogP contribution in [-0.4, -0.2) is 16.9 Å². The Morgan fingerprint density at radius 2 is 1.91 bits per heavy atom. The molecule has 0 spiro atoms.